The highest BCUT2D eigenvalue weighted by Crippen LogP contribution is 2.26. The predicted molar refractivity (Wildman–Crippen MR) is 105 cm³/mol. The fraction of sp³-hybridized carbons (Fsp3) is 0.421. The number of piperidine rings is 1. The molecule has 0 aliphatic carbocycles. The first kappa shape index (κ1) is 18.7. The summed E-state index contributed by atoms with van der Waals surface area (Å²) in [5.74, 6) is 0.0878. The molecule has 4 rings (SSSR count). The van der Waals surface area contributed by atoms with Crippen molar-refractivity contribution in [2.45, 2.75) is 31.7 Å². The van der Waals surface area contributed by atoms with Crippen LogP contribution < -0.4 is 10.6 Å². The largest absolute Gasteiger partial charge is 0.366 e. The molecule has 1 aliphatic rings. The molecular formula is C19H24FN7O. The number of pyridine rings is 1. The summed E-state index contributed by atoms with van der Waals surface area (Å²) in [6.07, 6.45) is 7.00. The smallest absolute Gasteiger partial charge is 0.183 e. The number of aliphatic hydroxyl groups excluding tert-OH is 1. The molecule has 1 fully saturated rings. The lowest BCUT2D eigenvalue weighted by atomic mass is 10.0. The second-order valence-electron chi connectivity index (χ2n) is 6.92. The molecule has 0 spiro atoms. The third-order valence-corrected chi connectivity index (χ3v) is 5.19. The van der Waals surface area contributed by atoms with Crippen LogP contribution in [0.3, 0.4) is 0 Å². The number of halogens is 1. The maximum absolute atomic E-state index is 14.3. The normalized spacial score (nSPS) is 19.0. The Kier molecular flexibility index (Phi) is 5.47. The standard InChI is InChI=1S/C19H24FN7O/c1-21-19(28)27-8-3-2-5-12(27)9-23-18-15(20)11-25-17(26-18)14-10-24-16-13(14)6-4-7-22-16/h4,6-7,10-12,19,21,28H,2-3,5,8-9H2,1H3,(H,22,24)(H,23,25,26)/t12-,19?/m1/s1. The third-order valence-electron chi connectivity index (χ3n) is 5.19. The molecular weight excluding hydrogens is 361 g/mol. The van der Waals surface area contributed by atoms with E-state index >= 15 is 0 Å². The van der Waals surface area contributed by atoms with Crippen LogP contribution >= 0.6 is 0 Å². The third kappa shape index (κ3) is 3.68. The number of fused-ring (bicyclic) bond motifs is 1. The molecule has 3 aromatic rings. The van der Waals surface area contributed by atoms with Crippen LogP contribution in [-0.4, -0.2) is 62.5 Å². The maximum atomic E-state index is 14.3. The van der Waals surface area contributed by atoms with Crippen molar-refractivity contribution in [3.63, 3.8) is 0 Å². The van der Waals surface area contributed by atoms with Crippen LogP contribution in [0.2, 0.25) is 0 Å². The fourth-order valence-corrected chi connectivity index (χ4v) is 3.71. The van der Waals surface area contributed by atoms with Gasteiger partial charge in [0.05, 0.1) is 6.20 Å². The highest BCUT2D eigenvalue weighted by Gasteiger charge is 2.27. The summed E-state index contributed by atoms with van der Waals surface area (Å²) in [7, 11) is 1.72. The van der Waals surface area contributed by atoms with Gasteiger partial charge in [-0.1, -0.05) is 6.42 Å². The molecule has 1 aliphatic heterocycles. The second kappa shape index (κ2) is 8.17. The second-order valence-corrected chi connectivity index (χ2v) is 6.92. The van der Waals surface area contributed by atoms with Crippen LogP contribution in [0.25, 0.3) is 22.4 Å². The molecule has 0 radical (unpaired) electrons. The van der Waals surface area contributed by atoms with E-state index in [-0.39, 0.29) is 11.9 Å². The van der Waals surface area contributed by atoms with Gasteiger partial charge in [-0.25, -0.2) is 19.3 Å². The monoisotopic (exact) mass is 385 g/mol. The Balaban J connectivity index is 1.54. The zero-order chi connectivity index (χ0) is 19.5. The van der Waals surface area contributed by atoms with Crippen molar-refractivity contribution >= 4 is 16.9 Å². The Morgan fingerprint density at radius 3 is 3.14 bits per heavy atom. The summed E-state index contributed by atoms with van der Waals surface area (Å²) < 4.78 is 14.3. The van der Waals surface area contributed by atoms with Crippen LogP contribution in [-0.2, 0) is 0 Å². The van der Waals surface area contributed by atoms with E-state index in [2.05, 4.69) is 30.6 Å². The highest BCUT2D eigenvalue weighted by molar-refractivity contribution is 5.91. The average molecular weight is 385 g/mol. The molecule has 1 unspecified atom stereocenters. The minimum Gasteiger partial charge on any atom is -0.366 e. The van der Waals surface area contributed by atoms with Crippen LogP contribution in [0.4, 0.5) is 10.2 Å². The topological polar surface area (TPSA) is 102 Å². The van der Waals surface area contributed by atoms with Gasteiger partial charge in [0.2, 0.25) is 0 Å². The lowest BCUT2D eigenvalue weighted by Crippen LogP contribution is -2.53. The summed E-state index contributed by atoms with van der Waals surface area (Å²) in [6, 6.07) is 3.85. The van der Waals surface area contributed by atoms with E-state index in [9.17, 15) is 9.50 Å². The van der Waals surface area contributed by atoms with E-state index in [0.717, 1.165) is 42.4 Å². The number of rotatable bonds is 6. The minimum atomic E-state index is -0.711. The van der Waals surface area contributed by atoms with E-state index in [1.807, 2.05) is 17.0 Å². The molecule has 9 heteroatoms. The molecule has 3 aromatic heterocycles. The van der Waals surface area contributed by atoms with E-state index in [4.69, 9.17) is 0 Å². The summed E-state index contributed by atoms with van der Waals surface area (Å²) in [4.78, 5) is 17.9. The van der Waals surface area contributed by atoms with Crippen molar-refractivity contribution in [2.75, 3.05) is 25.5 Å². The van der Waals surface area contributed by atoms with Crippen LogP contribution in [0, 0.1) is 5.82 Å². The van der Waals surface area contributed by atoms with Gasteiger partial charge >= 0.3 is 0 Å². The Morgan fingerprint density at radius 2 is 2.29 bits per heavy atom. The highest BCUT2D eigenvalue weighted by atomic mass is 19.1. The first-order valence-electron chi connectivity index (χ1n) is 9.47. The van der Waals surface area contributed by atoms with Crippen molar-refractivity contribution in [1.82, 2.24) is 30.2 Å². The first-order valence-corrected chi connectivity index (χ1v) is 9.47. The molecule has 2 atom stereocenters. The van der Waals surface area contributed by atoms with Crippen molar-refractivity contribution in [2.24, 2.45) is 0 Å². The Hall–Kier alpha value is -2.62. The zero-order valence-corrected chi connectivity index (χ0v) is 15.7. The number of likely N-dealkylation sites (tertiary alicyclic amines) is 1. The predicted octanol–water partition coefficient (Wildman–Crippen LogP) is 1.92. The molecule has 8 nitrogen and oxygen atoms in total. The zero-order valence-electron chi connectivity index (χ0n) is 15.7. The van der Waals surface area contributed by atoms with Crippen LogP contribution in [0.1, 0.15) is 19.3 Å². The number of H-pyrrole nitrogens is 1. The van der Waals surface area contributed by atoms with E-state index in [0.29, 0.717) is 12.4 Å². The molecule has 0 aromatic carbocycles. The number of hydrogen-bond donors (Lipinski definition) is 4. The number of nitrogens with one attached hydrogen (secondary N) is 3. The van der Waals surface area contributed by atoms with Crippen molar-refractivity contribution < 1.29 is 9.50 Å². The van der Waals surface area contributed by atoms with Gasteiger partial charge in [-0.15, -0.1) is 0 Å². The van der Waals surface area contributed by atoms with Gasteiger partial charge in [0.25, 0.3) is 0 Å². The number of aromatic amines is 1. The first-order chi connectivity index (χ1) is 13.7. The number of aromatic nitrogens is 4. The Bertz CT molecular complexity index is 947. The molecule has 4 heterocycles. The minimum absolute atomic E-state index is 0.0892. The van der Waals surface area contributed by atoms with Gasteiger partial charge in [0, 0.05) is 42.5 Å². The molecule has 148 valence electrons. The fourth-order valence-electron chi connectivity index (χ4n) is 3.71. The van der Waals surface area contributed by atoms with Crippen LogP contribution in [0.15, 0.2) is 30.7 Å². The van der Waals surface area contributed by atoms with Gasteiger partial charge in [-0.05, 0) is 32.0 Å². The summed E-state index contributed by atoms with van der Waals surface area (Å²) in [5, 5.41) is 17.0. The quantitative estimate of drug-likeness (QED) is 0.481. The summed E-state index contributed by atoms with van der Waals surface area (Å²) >= 11 is 0. The van der Waals surface area contributed by atoms with E-state index in [1.165, 1.54) is 6.20 Å². The van der Waals surface area contributed by atoms with Crippen molar-refractivity contribution in [3.05, 3.63) is 36.5 Å². The number of anilines is 1. The van der Waals surface area contributed by atoms with Gasteiger partial charge in [0.15, 0.2) is 23.8 Å². The summed E-state index contributed by atoms with van der Waals surface area (Å²) in [5.41, 5.74) is 1.51. The Labute approximate surface area is 162 Å². The van der Waals surface area contributed by atoms with Crippen LogP contribution in [0.5, 0.6) is 0 Å². The van der Waals surface area contributed by atoms with Gasteiger partial charge in [-0.3, -0.25) is 10.2 Å². The number of hydrogen-bond acceptors (Lipinski definition) is 7. The van der Waals surface area contributed by atoms with Gasteiger partial charge in [0.1, 0.15) is 5.65 Å². The average Bonchev–Trinajstić information content (AvgIpc) is 3.17. The van der Waals surface area contributed by atoms with Crippen molar-refractivity contribution in [3.8, 4) is 11.4 Å². The molecule has 0 amide bonds. The molecule has 1 saturated heterocycles. The molecule has 4 N–H and O–H groups in total. The number of nitrogens with zero attached hydrogens (tertiary/aromatic N) is 4. The van der Waals surface area contributed by atoms with Gasteiger partial charge < -0.3 is 15.4 Å². The van der Waals surface area contributed by atoms with E-state index < -0.39 is 12.2 Å². The maximum Gasteiger partial charge on any atom is 0.183 e. The van der Waals surface area contributed by atoms with E-state index in [1.54, 1.807) is 19.4 Å². The lowest BCUT2D eigenvalue weighted by Gasteiger charge is -2.38. The Morgan fingerprint density at radius 1 is 1.39 bits per heavy atom. The molecule has 28 heavy (non-hydrogen) atoms. The SMILES string of the molecule is CNC(O)N1CCCC[C@@H]1CNc1nc(-c2c[nH]c3ncccc23)ncc1F. The van der Waals surface area contributed by atoms with Gasteiger partial charge in [-0.2, -0.15) is 0 Å². The molecule has 0 saturated carbocycles. The lowest BCUT2D eigenvalue weighted by molar-refractivity contribution is -0.0537. The molecule has 0 bridgehead atoms. The summed E-state index contributed by atoms with van der Waals surface area (Å²) in [6.45, 7) is 1.29. The number of aliphatic hydroxyl groups is 1. The van der Waals surface area contributed by atoms with Crippen molar-refractivity contribution in [1.29, 1.82) is 0 Å².